The summed E-state index contributed by atoms with van der Waals surface area (Å²) in [5.74, 6) is 0.969. The normalized spacial score (nSPS) is 42.0. The Kier molecular flexibility index (Phi) is 1.71. The molecule has 0 aromatic rings. The smallest absolute Gasteiger partial charge is 0.0101 e. The summed E-state index contributed by atoms with van der Waals surface area (Å²) in [7, 11) is 0. The molecule has 1 saturated carbocycles. The molecule has 0 aromatic heterocycles. The van der Waals surface area contributed by atoms with Crippen LogP contribution < -0.4 is 5.32 Å². The average Bonchev–Trinajstić information content (AvgIpc) is 2.29. The lowest BCUT2D eigenvalue weighted by atomic mass is 9.72. The van der Waals surface area contributed by atoms with Gasteiger partial charge in [0.15, 0.2) is 0 Å². The summed E-state index contributed by atoms with van der Waals surface area (Å²) < 4.78 is 0. The minimum Gasteiger partial charge on any atom is -0.313 e. The third-order valence-electron chi connectivity index (χ3n) is 3.59. The molecule has 1 heterocycles. The van der Waals surface area contributed by atoms with E-state index in [0.29, 0.717) is 5.41 Å². The molecule has 11 heavy (non-hydrogen) atoms. The summed E-state index contributed by atoms with van der Waals surface area (Å²) in [6.45, 7) is 6.06. The van der Waals surface area contributed by atoms with E-state index in [2.05, 4.69) is 19.2 Å². The summed E-state index contributed by atoms with van der Waals surface area (Å²) >= 11 is 0. The lowest BCUT2D eigenvalue weighted by Gasteiger charge is -2.32. The van der Waals surface area contributed by atoms with Crippen molar-refractivity contribution in [3.63, 3.8) is 0 Å². The zero-order chi connectivity index (χ0) is 7.90. The molecular weight excluding hydrogens is 134 g/mol. The molecule has 1 nitrogen and oxygen atoms in total. The van der Waals surface area contributed by atoms with Gasteiger partial charge in [-0.15, -0.1) is 0 Å². The molecule has 1 aliphatic carbocycles. The third-order valence-corrected chi connectivity index (χ3v) is 3.59. The van der Waals surface area contributed by atoms with Crippen LogP contribution in [0.2, 0.25) is 0 Å². The minimum absolute atomic E-state index is 0.574. The highest BCUT2D eigenvalue weighted by Gasteiger charge is 2.42. The lowest BCUT2D eigenvalue weighted by Crippen LogP contribution is -2.31. The van der Waals surface area contributed by atoms with Gasteiger partial charge in [0.2, 0.25) is 0 Å². The maximum absolute atomic E-state index is 3.65. The zero-order valence-corrected chi connectivity index (χ0v) is 7.69. The number of fused-ring (bicyclic) bond motifs is 1. The summed E-state index contributed by atoms with van der Waals surface area (Å²) in [6.07, 6.45) is 5.80. The van der Waals surface area contributed by atoms with Gasteiger partial charge in [-0.2, -0.15) is 0 Å². The van der Waals surface area contributed by atoms with Gasteiger partial charge in [0.25, 0.3) is 0 Å². The molecule has 2 atom stereocenters. The van der Waals surface area contributed by atoms with Crippen molar-refractivity contribution in [3.05, 3.63) is 0 Å². The fourth-order valence-electron chi connectivity index (χ4n) is 2.84. The Bertz CT molecular complexity index is 151. The first-order valence-electron chi connectivity index (χ1n) is 4.93. The van der Waals surface area contributed by atoms with E-state index < -0.39 is 0 Å². The Hall–Kier alpha value is -0.0400. The first-order chi connectivity index (χ1) is 5.20. The van der Waals surface area contributed by atoms with Crippen molar-refractivity contribution in [1.29, 1.82) is 0 Å². The molecule has 2 rings (SSSR count). The molecular formula is C10H19N. The van der Waals surface area contributed by atoms with Gasteiger partial charge in [0.05, 0.1) is 0 Å². The van der Waals surface area contributed by atoms with Crippen molar-refractivity contribution in [2.24, 2.45) is 11.3 Å². The van der Waals surface area contributed by atoms with E-state index in [0.717, 1.165) is 12.0 Å². The second-order valence-corrected chi connectivity index (χ2v) is 4.87. The van der Waals surface area contributed by atoms with Crippen molar-refractivity contribution in [2.45, 2.75) is 45.6 Å². The van der Waals surface area contributed by atoms with E-state index in [4.69, 9.17) is 0 Å². The summed E-state index contributed by atoms with van der Waals surface area (Å²) in [6, 6.07) is 0.860. The van der Waals surface area contributed by atoms with Gasteiger partial charge in [-0.05, 0) is 24.2 Å². The topological polar surface area (TPSA) is 12.0 Å². The van der Waals surface area contributed by atoms with Crippen molar-refractivity contribution >= 4 is 0 Å². The zero-order valence-electron chi connectivity index (χ0n) is 7.69. The van der Waals surface area contributed by atoms with Gasteiger partial charge in [0.1, 0.15) is 0 Å². The molecule has 2 aliphatic rings. The first kappa shape index (κ1) is 7.60. The van der Waals surface area contributed by atoms with E-state index in [9.17, 15) is 0 Å². The van der Waals surface area contributed by atoms with Crippen LogP contribution in [0.15, 0.2) is 0 Å². The molecule has 1 heteroatoms. The average molecular weight is 153 g/mol. The van der Waals surface area contributed by atoms with Crippen LogP contribution in [0.5, 0.6) is 0 Å². The van der Waals surface area contributed by atoms with Crippen molar-refractivity contribution in [2.75, 3.05) is 6.54 Å². The fraction of sp³-hybridized carbons (Fsp3) is 1.00. The minimum atomic E-state index is 0.574. The standard InChI is InChI=1S/C10H19N/c1-10(2)7-11-9-6-4-3-5-8(9)10/h8-9,11H,3-7H2,1-2H3/t8-,9-/m0/s1. The van der Waals surface area contributed by atoms with Crippen LogP contribution in [0.1, 0.15) is 39.5 Å². The molecule has 0 unspecified atom stereocenters. The van der Waals surface area contributed by atoms with Gasteiger partial charge in [-0.25, -0.2) is 0 Å². The van der Waals surface area contributed by atoms with Crippen LogP contribution >= 0.6 is 0 Å². The lowest BCUT2D eigenvalue weighted by molar-refractivity contribution is 0.205. The molecule has 1 saturated heterocycles. The molecule has 1 aliphatic heterocycles. The van der Waals surface area contributed by atoms with Crippen molar-refractivity contribution in [1.82, 2.24) is 5.32 Å². The Labute approximate surface area is 69.6 Å². The summed E-state index contributed by atoms with van der Waals surface area (Å²) in [4.78, 5) is 0. The molecule has 0 spiro atoms. The second kappa shape index (κ2) is 2.48. The Morgan fingerprint density at radius 3 is 2.64 bits per heavy atom. The molecule has 0 amide bonds. The molecule has 64 valence electrons. The van der Waals surface area contributed by atoms with Gasteiger partial charge >= 0.3 is 0 Å². The SMILES string of the molecule is CC1(C)CN[C@H]2CCCC[C@@H]21. The highest BCUT2D eigenvalue weighted by molar-refractivity contribution is 4.97. The van der Waals surface area contributed by atoms with Crippen LogP contribution in [-0.4, -0.2) is 12.6 Å². The van der Waals surface area contributed by atoms with E-state index in [-0.39, 0.29) is 0 Å². The predicted molar refractivity (Wildman–Crippen MR) is 47.5 cm³/mol. The Morgan fingerprint density at radius 1 is 1.18 bits per heavy atom. The van der Waals surface area contributed by atoms with E-state index in [1.54, 1.807) is 0 Å². The van der Waals surface area contributed by atoms with Crippen molar-refractivity contribution < 1.29 is 0 Å². The van der Waals surface area contributed by atoms with Gasteiger partial charge < -0.3 is 5.32 Å². The largest absolute Gasteiger partial charge is 0.313 e. The van der Waals surface area contributed by atoms with Gasteiger partial charge in [0, 0.05) is 12.6 Å². The third kappa shape index (κ3) is 1.20. The highest BCUT2D eigenvalue weighted by atomic mass is 15.0. The van der Waals surface area contributed by atoms with Gasteiger partial charge in [-0.1, -0.05) is 26.7 Å². The molecule has 0 bridgehead atoms. The fourth-order valence-corrected chi connectivity index (χ4v) is 2.84. The maximum atomic E-state index is 3.65. The van der Waals surface area contributed by atoms with E-state index in [1.807, 2.05) is 0 Å². The van der Waals surface area contributed by atoms with Gasteiger partial charge in [-0.3, -0.25) is 0 Å². The highest BCUT2D eigenvalue weighted by Crippen LogP contribution is 2.42. The van der Waals surface area contributed by atoms with Crippen LogP contribution in [-0.2, 0) is 0 Å². The van der Waals surface area contributed by atoms with E-state index in [1.165, 1.54) is 32.2 Å². The number of hydrogen-bond donors (Lipinski definition) is 1. The number of hydrogen-bond acceptors (Lipinski definition) is 1. The summed E-state index contributed by atoms with van der Waals surface area (Å²) in [5.41, 5.74) is 0.574. The van der Waals surface area contributed by atoms with Crippen LogP contribution in [0.4, 0.5) is 0 Å². The quantitative estimate of drug-likeness (QED) is 0.562. The molecule has 2 fully saturated rings. The maximum Gasteiger partial charge on any atom is 0.0101 e. The number of nitrogens with one attached hydrogen (secondary N) is 1. The number of rotatable bonds is 0. The van der Waals surface area contributed by atoms with Crippen molar-refractivity contribution in [3.8, 4) is 0 Å². The molecule has 0 aromatic carbocycles. The summed E-state index contributed by atoms with van der Waals surface area (Å²) in [5, 5.41) is 3.65. The van der Waals surface area contributed by atoms with Crippen LogP contribution in [0, 0.1) is 11.3 Å². The monoisotopic (exact) mass is 153 g/mol. The Balaban J connectivity index is 2.10. The Morgan fingerprint density at radius 2 is 1.91 bits per heavy atom. The molecule has 0 radical (unpaired) electrons. The molecule has 1 N–H and O–H groups in total. The van der Waals surface area contributed by atoms with E-state index >= 15 is 0 Å². The second-order valence-electron chi connectivity index (χ2n) is 4.87. The first-order valence-corrected chi connectivity index (χ1v) is 4.93. The van der Waals surface area contributed by atoms with Crippen LogP contribution in [0.25, 0.3) is 0 Å². The van der Waals surface area contributed by atoms with Crippen LogP contribution in [0.3, 0.4) is 0 Å². The predicted octanol–water partition coefficient (Wildman–Crippen LogP) is 2.17.